The Bertz CT molecular complexity index is 1160. The molecule has 1 atom stereocenters. The second-order valence-corrected chi connectivity index (χ2v) is 6.45. The number of nitro groups is 1. The zero-order valence-corrected chi connectivity index (χ0v) is 15.7. The van der Waals surface area contributed by atoms with Crippen LogP contribution in [0.5, 0.6) is 5.75 Å². The van der Waals surface area contributed by atoms with Crippen LogP contribution in [-0.2, 0) is 9.53 Å². The first-order chi connectivity index (χ1) is 14.0. The van der Waals surface area contributed by atoms with Gasteiger partial charge in [0, 0.05) is 35.6 Å². The summed E-state index contributed by atoms with van der Waals surface area (Å²) in [6.45, 7) is 1.37. The maximum absolute atomic E-state index is 12.2. The van der Waals surface area contributed by atoms with Gasteiger partial charge in [-0.25, -0.2) is 0 Å². The zero-order chi connectivity index (χ0) is 20.5. The molecule has 0 spiro atoms. The lowest BCUT2D eigenvalue weighted by Gasteiger charge is -2.19. The Morgan fingerprint density at radius 1 is 1.14 bits per heavy atom. The molecule has 0 aromatic heterocycles. The Labute approximate surface area is 166 Å². The summed E-state index contributed by atoms with van der Waals surface area (Å²) < 4.78 is 11.4. The van der Waals surface area contributed by atoms with E-state index in [1.807, 2.05) is 36.4 Å². The highest BCUT2D eigenvalue weighted by molar-refractivity contribution is 6.09. The van der Waals surface area contributed by atoms with E-state index in [-0.39, 0.29) is 17.5 Å². The topological polar surface area (TPSA) is 94.3 Å². The monoisotopic (exact) mass is 391 g/mol. The predicted molar refractivity (Wildman–Crippen MR) is 106 cm³/mol. The number of hydrogen-bond acceptors (Lipinski definition) is 6. The standard InChI is InChI=1S/C21H17N3O5/c1-13(25)23-21(14-6-5-7-15(12-14)24(26)27)29-20(22-23)18-10-11-19(28-2)17-9-4-3-8-16(17)18/h3-12,21H,1-2H3/t21-/m1/s1. The Kier molecular flexibility index (Phi) is 4.59. The first-order valence-corrected chi connectivity index (χ1v) is 8.85. The fourth-order valence-electron chi connectivity index (χ4n) is 3.32. The highest BCUT2D eigenvalue weighted by Gasteiger charge is 2.34. The van der Waals surface area contributed by atoms with E-state index in [9.17, 15) is 14.9 Å². The van der Waals surface area contributed by atoms with E-state index in [2.05, 4.69) is 5.10 Å². The van der Waals surface area contributed by atoms with Crippen LogP contribution in [0.15, 0.2) is 65.8 Å². The van der Waals surface area contributed by atoms with Crippen LogP contribution in [0, 0.1) is 10.1 Å². The van der Waals surface area contributed by atoms with Gasteiger partial charge >= 0.3 is 0 Å². The molecule has 8 nitrogen and oxygen atoms in total. The Hall–Kier alpha value is -3.94. The number of methoxy groups -OCH3 is 1. The van der Waals surface area contributed by atoms with Crippen molar-refractivity contribution in [2.45, 2.75) is 13.2 Å². The van der Waals surface area contributed by atoms with Crippen LogP contribution in [0.25, 0.3) is 10.8 Å². The summed E-state index contributed by atoms with van der Waals surface area (Å²) in [6, 6.07) is 17.2. The number of nitro benzene ring substituents is 1. The summed E-state index contributed by atoms with van der Waals surface area (Å²) in [4.78, 5) is 22.8. The second-order valence-electron chi connectivity index (χ2n) is 6.45. The molecular weight excluding hydrogens is 374 g/mol. The molecule has 0 fully saturated rings. The third-order valence-electron chi connectivity index (χ3n) is 4.67. The van der Waals surface area contributed by atoms with Gasteiger partial charge in [-0.15, -0.1) is 5.10 Å². The zero-order valence-electron chi connectivity index (χ0n) is 15.7. The number of fused-ring (bicyclic) bond motifs is 1. The van der Waals surface area contributed by atoms with Crippen LogP contribution in [0.1, 0.15) is 24.3 Å². The van der Waals surface area contributed by atoms with Gasteiger partial charge in [0.1, 0.15) is 5.75 Å². The molecule has 0 N–H and O–H groups in total. The Morgan fingerprint density at radius 3 is 2.59 bits per heavy atom. The quantitative estimate of drug-likeness (QED) is 0.495. The highest BCUT2D eigenvalue weighted by Crippen LogP contribution is 2.35. The summed E-state index contributed by atoms with van der Waals surface area (Å²) in [6.07, 6.45) is -0.886. The van der Waals surface area contributed by atoms with Gasteiger partial charge in [-0.05, 0) is 17.5 Å². The fraction of sp³-hybridized carbons (Fsp3) is 0.143. The van der Waals surface area contributed by atoms with E-state index in [0.717, 1.165) is 10.8 Å². The van der Waals surface area contributed by atoms with E-state index in [1.165, 1.54) is 24.1 Å². The van der Waals surface area contributed by atoms with E-state index >= 15 is 0 Å². The lowest BCUT2D eigenvalue weighted by molar-refractivity contribution is -0.385. The first-order valence-electron chi connectivity index (χ1n) is 8.85. The van der Waals surface area contributed by atoms with Gasteiger partial charge < -0.3 is 9.47 Å². The summed E-state index contributed by atoms with van der Waals surface area (Å²) in [5, 5.41) is 18.4. The minimum absolute atomic E-state index is 0.0852. The van der Waals surface area contributed by atoms with Crippen molar-refractivity contribution in [1.29, 1.82) is 0 Å². The molecule has 4 rings (SSSR count). The van der Waals surface area contributed by atoms with Gasteiger partial charge in [0.15, 0.2) is 0 Å². The van der Waals surface area contributed by atoms with Crippen LogP contribution in [0.4, 0.5) is 5.69 Å². The molecule has 0 saturated carbocycles. The molecule has 8 heteroatoms. The average Bonchev–Trinajstić information content (AvgIpc) is 3.18. The van der Waals surface area contributed by atoms with Gasteiger partial charge in [0.2, 0.25) is 18.0 Å². The molecule has 146 valence electrons. The largest absolute Gasteiger partial charge is 0.496 e. The number of hydrazone groups is 1. The third-order valence-corrected chi connectivity index (χ3v) is 4.67. The Balaban J connectivity index is 1.79. The van der Waals surface area contributed by atoms with Crippen molar-refractivity contribution in [3.8, 4) is 5.75 Å². The maximum Gasteiger partial charge on any atom is 0.269 e. The third kappa shape index (κ3) is 3.25. The molecule has 0 unspecified atom stereocenters. The number of amides is 1. The van der Waals surface area contributed by atoms with Crippen LogP contribution < -0.4 is 4.74 Å². The van der Waals surface area contributed by atoms with E-state index in [0.29, 0.717) is 16.9 Å². The van der Waals surface area contributed by atoms with Gasteiger partial charge in [-0.2, -0.15) is 5.01 Å². The van der Waals surface area contributed by atoms with Crippen molar-refractivity contribution in [3.05, 3.63) is 81.9 Å². The molecule has 0 aliphatic carbocycles. The van der Waals surface area contributed by atoms with Crippen molar-refractivity contribution in [1.82, 2.24) is 5.01 Å². The van der Waals surface area contributed by atoms with Crippen molar-refractivity contribution in [2.75, 3.05) is 7.11 Å². The summed E-state index contributed by atoms with van der Waals surface area (Å²) in [5.41, 5.74) is 1.07. The van der Waals surface area contributed by atoms with E-state index < -0.39 is 11.2 Å². The van der Waals surface area contributed by atoms with Crippen LogP contribution in [0.2, 0.25) is 0 Å². The number of hydrogen-bond donors (Lipinski definition) is 0. The van der Waals surface area contributed by atoms with Gasteiger partial charge in [0.05, 0.1) is 12.0 Å². The van der Waals surface area contributed by atoms with Crippen LogP contribution >= 0.6 is 0 Å². The average molecular weight is 391 g/mol. The normalized spacial score (nSPS) is 15.7. The van der Waals surface area contributed by atoms with Crippen molar-refractivity contribution in [3.63, 3.8) is 0 Å². The molecule has 1 aliphatic rings. The predicted octanol–water partition coefficient (Wildman–Crippen LogP) is 4.00. The number of carbonyl (C=O) groups is 1. The fourth-order valence-corrected chi connectivity index (χ4v) is 3.32. The summed E-state index contributed by atoms with van der Waals surface area (Å²) in [7, 11) is 1.60. The number of carbonyl (C=O) groups excluding carboxylic acids is 1. The lowest BCUT2D eigenvalue weighted by atomic mass is 10.0. The molecule has 0 radical (unpaired) electrons. The van der Waals surface area contributed by atoms with Crippen LogP contribution in [-0.4, -0.2) is 28.8 Å². The number of non-ortho nitro benzene ring substituents is 1. The second kappa shape index (κ2) is 7.23. The molecule has 0 bridgehead atoms. The van der Waals surface area contributed by atoms with E-state index in [1.54, 1.807) is 19.2 Å². The SMILES string of the molecule is COc1ccc(C2=NN(C(C)=O)[C@@H](c3cccc([N+](=O)[O-])c3)O2)c2ccccc12. The summed E-state index contributed by atoms with van der Waals surface area (Å²) >= 11 is 0. The summed E-state index contributed by atoms with van der Waals surface area (Å²) in [5.74, 6) is 0.631. The minimum Gasteiger partial charge on any atom is -0.496 e. The molecule has 3 aromatic rings. The number of ether oxygens (including phenoxy) is 2. The number of rotatable bonds is 4. The molecule has 0 saturated heterocycles. The smallest absolute Gasteiger partial charge is 0.269 e. The first kappa shape index (κ1) is 18.4. The number of nitrogens with zero attached hydrogens (tertiary/aromatic N) is 3. The molecule has 1 aliphatic heterocycles. The van der Waals surface area contributed by atoms with Gasteiger partial charge in [0.25, 0.3) is 5.69 Å². The van der Waals surface area contributed by atoms with Crippen molar-refractivity contribution < 1.29 is 19.2 Å². The molecule has 29 heavy (non-hydrogen) atoms. The van der Waals surface area contributed by atoms with Crippen molar-refractivity contribution >= 4 is 28.3 Å². The lowest BCUT2D eigenvalue weighted by Crippen LogP contribution is -2.25. The van der Waals surface area contributed by atoms with Gasteiger partial charge in [-0.3, -0.25) is 14.9 Å². The molecule has 1 amide bonds. The van der Waals surface area contributed by atoms with E-state index in [4.69, 9.17) is 9.47 Å². The minimum atomic E-state index is -0.886. The molecule has 3 aromatic carbocycles. The number of benzene rings is 3. The molecular formula is C21H17N3O5. The highest BCUT2D eigenvalue weighted by atomic mass is 16.6. The van der Waals surface area contributed by atoms with Crippen molar-refractivity contribution in [2.24, 2.45) is 5.10 Å². The Morgan fingerprint density at radius 2 is 1.90 bits per heavy atom. The maximum atomic E-state index is 12.2. The molecule has 1 heterocycles. The van der Waals surface area contributed by atoms with Gasteiger partial charge in [-0.1, -0.05) is 36.4 Å². The van der Waals surface area contributed by atoms with Crippen LogP contribution in [0.3, 0.4) is 0 Å².